The molecule has 0 aliphatic carbocycles. The van der Waals surface area contributed by atoms with E-state index in [1.807, 2.05) is 6.92 Å². The fourth-order valence-electron chi connectivity index (χ4n) is 2.48. The summed E-state index contributed by atoms with van der Waals surface area (Å²) in [7, 11) is 1.56. The van der Waals surface area contributed by atoms with E-state index in [1.54, 1.807) is 55.6 Å². The number of methoxy groups -OCH3 is 1. The van der Waals surface area contributed by atoms with Crippen LogP contribution in [-0.4, -0.2) is 51.9 Å². The van der Waals surface area contributed by atoms with Gasteiger partial charge in [-0.2, -0.15) is 0 Å². The summed E-state index contributed by atoms with van der Waals surface area (Å²) in [4.78, 5) is 25.2. The summed E-state index contributed by atoms with van der Waals surface area (Å²) in [6.07, 6.45) is 0. The van der Waals surface area contributed by atoms with E-state index < -0.39 is 0 Å². The van der Waals surface area contributed by atoms with Crippen LogP contribution >= 0.6 is 0 Å². The minimum atomic E-state index is -0.357. The lowest BCUT2D eigenvalue weighted by Gasteiger charge is -2.14. The quantitative estimate of drug-likeness (QED) is 0.580. The second kappa shape index (κ2) is 11.7. The molecule has 0 saturated heterocycles. The molecule has 7 nitrogen and oxygen atoms in total. The smallest absolute Gasteiger partial charge is 0.259 e. The Morgan fingerprint density at radius 2 is 1.61 bits per heavy atom. The molecule has 0 bridgehead atoms. The molecule has 28 heavy (non-hydrogen) atoms. The average molecular weight is 386 g/mol. The van der Waals surface area contributed by atoms with Gasteiger partial charge in [0.25, 0.3) is 11.8 Å². The Hall–Kier alpha value is -2.90. The van der Waals surface area contributed by atoms with Gasteiger partial charge >= 0.3 is 0 Å². The molecular formula is C21H26N2O5. The van der Waals surface area contributed by atoms with E-state index in [0.29, 0.717) is 55.5 Å². The minimum Gasteiger partial charge on any atom is -0.490 e. The molecule has 0 aromatic heterocycles. The number of nitrogens with one attached hydrogen (secondary N) is 2. The number of ether oxygens (including phenoxy) is 3. The molecule has 2 rings (SSSR count). The zero-order valence-electron chi connectivity index (χ0n) is 16.2. The zero-order valence-corrected chi connectivity index (χ0v) is 16.2. The number of hydrogen-bond donors (Lipinski definition) is 2. The second-order valence-electron chi connectivity index (χ2n) is 5.79. The van der Waals surface area contributed by atoms with Gasteiger partial charge in [-0.3, -0.25) is 9.59 Å². The molecule has 0 aliphatic rings. The number of rotatable bonds is 11. The van der Waals surface area contributed by atoms with Crippen LogP contribution in [0.4, 0.5) is 5.69 Å². The first kappa shape index (κ1) is 21.4. The Balaban J connectivity index is 2.10. The van der Waals surface area contributed by atoms with Crippen molar-refractivity contribution in [3.63, 3.8) is 0 Å². The summed E-state index contributed by atoms with van der Waals surface area (Å²) in [5, 5.41) is 5.55. The molecule has 150 valence electrons. The van der Waals surface area contributed by atoms with Crippen molar-refractivity contribution in [2.75, 3.05) is 45.4 Å². The third-order valence-corrected chi connectivity index (χ3v) is 3.83. The SMILES string of the molecule is CCOCCOc1ccccc1C(=O)Nc1ccccc1C(=O)NCCOC. The maximum absolute atomic E-state index is 12.8. The molecule has 2 aromatic rings. The van der Waals surface area contributed by atoms with Crippen molar-refractivity contribution in [1.82, 2.24) is 5.32 Å². The van der Waals surface area contributed by atoms with Crippen molar-refractivity contribution in [2.24, 2.45) is 0 Å². The van der Waals surface area contributed by atoms with Crippen molar-refractivity contribution in [1.29, 1.82) is 0 Å². The van der Waals surface area contributed by atoms with Crippen molar-refractivity contribution in [3.8, 4) is 5.75 Å². The zero-order chi connectivity index (χ0) is 20.2. The molecule has 0 fully saturated rings. The molecule has 0 heterocycles. The molecule has 0 saturated carbocycles. The van der Waals surface area contributed by atoms with E-state index >= 15 is 0 Å². The van der Waals surface area contributed by atoms with Gasteiger partial charge in [-0.25, -0.2) is 0 Å². The Bertz CT molecular complexity index is 779. The van der Waals surface area contributed by atoms with Gasteiger partial charge in [0.1, 0.15) is 12.4 Å². The minimum absolute atomic E-state index is 0.283. The van der Waals surface area contributed by atoms with E-state index in [2.05, 4.69) is 10.6 Å². The summed E-state index contributed by atoms with van der Waals surface area (Å²) in [5.41, 5.74) is 1.18. The van der Waals surface area contributed by atoms with Crippen LogP contribution in [0.25, 0.3) is 0 Å². The maximum atomic E-state index is 12.8. The van der Waals surface area contributed by atoms with Crippen LogP contribution in [0.3, 0.4) is 0 Å². The van der Waals surface area contributed by atoms with Crippen LogP contribution in [0.1, 0.15) is 27.6 Å². The Morgan fingerprint density at radius 1 is 0.893 bits per heavy atom. The van der Waals surface area contributed by atoms with E-state index in [4.69, 9.17) is 14.2 Å². The van der Waals surface area contributed by atoms with Crippen molar-refractivity contribution < 1.29 is 23.8 Å². The molecular weight excluding hydrogens is 360 g/mol. The first-order chi connectivity index (χ1) is 13.7. The van der Waals surface area contributed by atoms with Gasteiger partial charge in [-0.1, -0.05) is 24.3 Å². The number of anilines is 1. The van der Waals surface area contributed by atoms with Crippen LogP contribution in [0.5, 0.6) is 5.75 Å². The molecule has 2 aromatic carbocycles. The number of hydrogen-bond acceptors (Lipinski definition) is 5. The molecule has 0 spiro atoms. The molecule has 0 atom stereocenters. The topological polar surface area (TPSA) is 85.9 Å². The number of carbonyl (C=O) groups excluding carboxylic acids is 2. The van der Waals surface area contributed by atoms with E-state index in [1.165, 1.54) is 0 Å². The summed E-state index contributed by atoms with van der Waals surface area (Å²) >= 11 is 0. The predicted molar refractivity (Wildman–Crippen MR) is 107 cm³/mol. The highest BCUT2D eigenvalue weighted by Crippen LogP contribution is 2.21. The molecule has 0 aliphatic heterocycles. The lowest BCUT2D eigenvalue weighted by atomic mass is 10.1. The number of benzene rings is 2. The monoisotopic (exact) mass is 386 g/mol. The van der Waals surface area contributed by atoms with Crippen LogP contribution in [0.2, 0.25) is 0 Å². The number of carbonyl (C=O) groups is 2. The maximum Gasteiger partial charge on any atom is 0.259 e. The summed E-state index contributed by atoms with van der Waals surface area (Å²) < 4.78 is 15.9. The highest BCUT2D eigenvalue weighted by atomic mass is 16.5. The normalized spacial score (nSPS) is 10.4. The Labute approximate surface area is 165 Å². The average Bonchev–Trinajstić information content (AvgIpc) is 2.72. The van der Waals surface area contributed by atoms with Crippen molar-refractivity contribution in [2.45, 2.75) is 6.92 Å². The second-order valence-corrected chi connectivity index (χ2v) is 5.79. The van der Waals surface area contributed by atoms with Crippen LogP contribution in [0, 0.1) is 0 Å². The third kappa shape index (κ3) is 6.37. The van der Waals surface area contributed by atoms with Gasteiger partial charge in [0.05, 0.1) is 30.0 Å². The lowest BCUT2D eigenvalue weighted by Crippen LogP contribution is -2.28. The third-order valence-electron chi connectivity index (χ3n) is 3.83. The van der Waals surface area contributed by atoms with Gasteiger partial charge in [-0.15, -0.1) is 0 Å². The Morgan fingerprint density at radius 3 is 2.36 bits per heavy atom. The summed E-state index contributed by atoms with van der Waals surface area (Å²) in [6, 6.07) is 13.8. The van der Waals surface area contributed by atoms with Gasteiger partial charge in [0.15, 0.2) is 0 Å². The standard InChI is InChI=1S/C21H26N2O5/c1-3-27-14-15-28-19-11-7-5-9-17(19)21(25)23-18-10-6-4-8-16(18)20(24)22-12-13-26-2/h4-11H,3,12-15H2,1-2H3,(H,22,24)(H,23,25). The largest absolute Gasteiger partial charge is 0.490 e. The summed E-state index contributed by atoms with van der Waals surface area (Å²) in [6.45, 7) is 4.09. The van der Waals surface area contributed by atoms with Crippen molar-refractivity contribution >= 4 is 17.5 Å². The number of amides is 2. The molecule has 7 heteroatoms. The van der Waals surface area contributed by atoms with Crippen LogP contribution in [0.15, 0.2) is 48.5 Å². The fourth-order valence-corrected chi connectivity index (χ4v) is 2.48. The van der Waals surface area contributed by atoms with Gasteiger partial charge in [0, 0.05) is 20.3 Å². The first-order valence-electron chi connectivity index (χ1n) is 9.14. The van der Waals surface area contributed by atoms with E-state index in [-0.39, 0.29) is 11.8 Å². The van der Waals surface area contributed by atoms with Gasteiger partial charge in [0.2, 0.25) is 0 Å². The van der Waals surface area contributed by atoms with E-state index in [0.717, 1.165) is 0 Å². The molecule has 2 N–H and O–H groups in total. The predicted octanol–water partition coefficient (Wildman–Crippen LogP) is 2.73. The number of para-hydroxylation sites is 2. The molecule has 0 radical (unpaired) electrons. The highest BCUT2D eigenvalue weighted by Gasteiger charge is 2.16. The van der Waals surface area contributed by atoms with Gasteiger partial charge in [-0.05, 0) is 31.2 Å². The fraction of sp³-hybridized carbons (Fsp3) is 0.333. The molecule has 0 unspecified atom stereocenters. The summed E-state index contributed by atoms with van der Waals surface area (Å²) in [5.74, 6) is -0.180. The van der Waals surface area contributed by atoms with E-state index in [9.17, 15) is 9.59 Å². The lowest BCUT2D eigenvalue weighted by molar-refractivity contribution is 0.0938. The highest BCUT2D eigenvalue weighted by molar-refractivity contribution is 6.10. The van der Waals surface area contributed by atoms with Gasteiger partial charge < -0.3 is 24.8 Å². The molecule has 2 amide bonds. The van der Waals surface area contributed by atoms with Crippen LogP contribution < -0.4 is 15.4 Å². The first-order valence-corrected chi connectivity index (χ1v) is 9.14. The Kier molecular flexibility index (Phi) is 8.97. The van der Waals surface area contributed by atoms with Crippen molar-refractivity contribution in [3.05, 3.63) is 59.7 Å². The van der Waals surface area contributed by atoms with Crippen LogP contribution in [-0.2, 0) is 9.47 Å².